The lowest BCUT2D eigenvalue weighted by atomic mass is 9.71. The van der Waals surface area contributed by atoms with Crippen LogP contribution >= 0.6 is 0 Å². The summed E-state index contributed by atoms with van der Waals surface area (Å²) >= 11 is 0. The number of hydrogen-bond donors (Lipinski definition) is 1. The molecule has 1 aliphatic heterocycles. The predicted molar refractivity (Wildman–Crippen MR) is 158 cm³/mol. The quantitative estimate of drug-likeness (QED) is 0.328. The molecule has 0 unspecified atom stereocenters. The molecule has 2 heterocycles. The number of ketones is 1. The summed E-state index contributed by atoms with van der Waals surface area (Å²) in [5.41, 5.74) is 5.23. The number of H-pyrrole nitrogens is 1. The zero-order valence-electron chi connectivity index (χ0n) is 25.1. The molecule has 3 aromatic rings. The van der Waals surface area contributed by atoms with E-state index in [1.54, 1.807) is 0 Å². The Morgan fingerprint density at radius 1 is 0.974 bits per heavy atom. The van der Waals surface area contributed by atoms with Gasteiger partial charge in [-0.05, 0) is 68.2 Å². The average molecular weight is 550 g/mol. The summed E-state index contributed by atoms with van der Waals surface area (Å²) < 4.78 is 25.1. The molecule has 2 aliphatic rings. The van der Waals surface area contributed by atoms with Crippen molar-refractivity contribution in [1.29, 1.82) is 0 Å². The molecule has 1 fully saturated rings. The number of rotatable bonds is 6. The first-order valence-electron chi connectivity index (χ1n) is 13.9. The van der Waals surface area contributed by atoms with Crippen LogP contribution < -0.4 is 4.74 Å². The van der Waals surface area contributed by atoms with Crippen LogP contribution in [0.25, 0.3) is 10.9 Å². The number of hydrogen-bond acceptors (Lipinski definition) is 5. The van der Waals surface area contributed by atoms with Gasteiger partial charge in [0.2, 0.25) is 0 Å². The van der Waals surface area contributed by atoms with Crippen LogP contribution in [0.1, 0.15) is 81.2 Å². The van der Waals surface area contributed by atoms with E-state index in [1.165, 1.54) is 0 Å². The molecule has 0 saturated carbocycles. The lowest BCUT2D eigenvalue weighted by Crippen LogP contribution is -2.44. The van der Waals surface area contributed by atoms with Gasteiger partial charge in [-0.25, -0.2) is 0 Å². The zero-order valence-corrected chi connectivity index (χ0v) is 26.1. The van der Waals surface area contributed by atoms with E-state index in [1.807, 2.05) is 38.1 Å². The van der Waals surface area contributed by atoms with Gasteiger partial charge in [0.05, 0.1) is 12.2 Å². The second kappa shape index (κ2) is 9.30. The molecule has 1 aromatic heterocycles. The summed E-state index contributed by atoms with van der Waals surface area (Å²) in [6, 6.07) is 12.1. The maximum atomic E-state index is 13.8. The first kappa shape index (κ1) is 28.1. The van der Waals surface area contributed by atoms with E-state index in [2.05, 4.69) is 71.8 Å². The Labute approximate surface area is 233 Å². The number of nitrogens with one attached hydrogen (secondary N) is 1. The van der Waals surface area contributed by atoms with E-state index in [0.29, 0.717) is 24.5 Å². The van der Waals surface area contributed by atoms with Crippen LogP contribution in [0.2, 0.25) is 18.1 Å². The first-order chi connectivity index (χ1) is 18.0. The van der Waals surface area contributed by atoms with Crippen molar-refractivity contribution in [2.45, 2.75) is 96.9 Å². The molecule has 0 amide bonds. The zero-order chi connectivity index (χ0) is 28.5. The Morgan fingerprint density at radius 3 is 2.31 bits per heavy atom. The molecular weight excluding hydrogens is 506 g/mol. The number of aromatic amines is 1. The van der Waals surface area contributed by atoms with Gasteiger partial charge in [-0.1, -0.05) is 52.8 Å². The van der Waals surface area contributed by atoms with Gasteiger partial charge in [0.25, 0.3) is 0 Å². The highest BCUT2D eigenvalue weighted by molar-refractivity contribution is 6.74. The van der Waals surface area contributed by atoms with Crippen LogP contribution in [-0.2, 0) is 19.3 Å². The third-order valence-electron chi connectivity index (χ3n) is 8.83. The number of carbonyl (C=O) groups excluding carboxylic acids is 1. The lowest BCUT2D eigenvalue weighted by Gasteiger charge is -2.37. The molecule has 1 N–H and O–H groups in total. The minimum Gasteiger partial charge on any atom is -0.491 e. The molecule has 1 aliphatic carbocycles. The highest BCUT2D eigenvalue weighted by Gasteiger charge is 2.45. The topological polar surface area (TPSA) is 69.8 Å². The van der Waals surface area contributed by atoms with Crippen molar-refractivity contribution < 1.29 is 23.4 Å². The minimum atomic E-state index is -1.94. The Morgan fingerprint density at radius 2 is 1.64 bits per heavy atom. The van der Waals surface area contributed by atoms with Crippen molar-refractivity contribution in [3.05, 3.63) is 64.3 Å². The molecule has 2 aromatic carbocycles. The van der Waals surface area contributed by atoms with Gasteiger partial charge in [-0.15, -0.1) is 0 Å². The fraction of sp³-hybridized carbons (Fsp3) is 0.531. The number of aryl methyl sites for hydroxylation is 1. The number of benzene rings is 2. The highest BCUT2D eigenvalue weighted by Crippen LogP contribution is 2.45. The molecular formula is C32H43NO5Si. The van der Waals surface area contributed by atoms with Crippen molar-refractivity contribution in [2.24, 2.45) is 0 Å². The van der Waals surface area contributed by atoms with Gasteiger partial charge in [0.15, 0.2) is 19.9 Å². The largest absolute Gasteiger partial charge is 0.491 e. The summed E-state index contributed by atoms with van der Waals surface area (Å²) in [5, 5.41) is 1.08. The fourth-order valence-corrected chi connectivity index (χ4v) is 6.52. The maximum absolute atomic E-state index is 13.8. The van der Waals surface area contributed by atoms with E-state index >= 15 is 0 Å². The van der Waals surface area contributed by atoms with Gasteiger partial charge in [0, 0.05) is 27.6 Å². The van der Waals surface area contributed by atoms with Crippen LogP contribution in [0.3, 0.4) is 0 Å². The Bertz CT molecular complexity index is 1430. The summed E-state index contributed by atoms with van der Waals surface area (Å²) in [6.45, 7) is 22.2. The summed E-state index contributed by atoms with van der Waals surface area (Å²) in [4.78, 5) is 17.4. The van der Waals surface area contributed by atoms with Crippen molar-refractivity contribution in [2.75, 3.05) is 13.2 Å². The Hall–Kier alpha value is -2.45. The van der Waals surface area contributed by atoms with Gasteiger partial charge in [0.1, 0.15) is 24.6 Å². The molecule has 2 atom stereocenters. The number of aromatic nitrogens is 1. The van der Waals surface area contributed by atoms with Crippen LogP contribution in [0.15, 0.2) is 36.4 Å². The van der Waals surface area contributed by atoms with Gasteiger partial charge < -0.3 is 23.6 Å². The van der Waals surface area contributed by atoms with Crippen LogP contribution in [0.4, 0.5) is 0 Å². The van der Waals surface area contributed by atoms with Crippen molar-refractivity contribution >= 4 is 25.0 Å². The van der Waals surface area contributed by atoms with Crippen LogP contribution in [-0.4, -0.2) is 50.3 Å². The highest BCUT2D eigenvalue weighted by atomic mass is 28.4. The van der Waals surface area contributed by atoms with Crippen LogP contribution in [0, 0.1) is 6.92 Å². The molecule has 7 heteroatoms. The van der Waals surface area contributed by atoms with Gasteiger partial charge >= 0.3 is 0 Å². The first-order valence-corrected chi connectivity index (χ1v) is 16.9. The fourth-order valence-electron chi connectivity index (χ4n) is 5.51. The monoisotopic (exact) mass is 549 g/mol. The molecule has 39 heavy (non-hydrogen) atoms. The number of carbonyl (C=O) groups is 1. The van der Waals surface area contributed by atoms with E-state index < -0.39 is 14.1 Å². The lowest BCUT2D eigenvalue weighted by molar-refractivity contribution is -0.150. The molecule has 6 nitrogen and oxygen atoms in total. The standard InChI is InChI=1S/C32H43NO5Si/c1-19-11-13-21-24(15-19)33-29-27(21)28(34)22-16-20(12-14-23(22)31(29,5)6)35-17-25-26(38-32(7,8)37-25)18-36-39(9,10)30(2,3)4/h11-16,25-26,33H,17-18H2,1-10H3/t25-,26-/m1/s1. The van der Waals surface area contributed by atoms with E-state index in [9.17, 15) is 4.79 Å². The van der Waals surface area contributed by atoms with Crippen molar-refractivity contribution in [1.82, 2.24) is 4.98 Å². The normalized spacial score (nSPS) is 22.2. The van der Waals surface area contributed by atoms with Gasteiger partial charge in [-0.2, -0.15) is 0 Å². The molecule has 5 rings (SSSR count). The third-order valence-corrected chi connectivity index (χ3v) is 13.3. The van der Waals surface area contributed by atoms with E-state index in [4.69, 9.17) is 18.6 Å². The second-order valence-corrected chi connectivity index (χ2v) is 18.5. The predicted octanol–water partition coefficient (Wildman–Crippen LogP) is 7.27. The summed E-state index contributed by atoms with van der Waals surface area (Å²) in [5.74, 6) is -0.0355. The average Bonchev–Trinajstić information content (AvgIpc) is 3.36. The smallest absolute Gasteiger partial charge is 0.195 e. The summed E-state index contributed by atoms with van der Waals surface area (Å²) in [7, 11) is -1.94. The maximum Gasteiger partial charge on any atom is 0.195 e. The second-order valence-electron chi connectivity index (χ2n) is 13.7. The van der Waals surface area contributed by atoms with Gasteiger partial charge in [-0.3, -0.25) is 4.79 Å². The van der Waals surface area contributed by atoms with E-state index in [0.717, 1.165) is 33.3 Å². The SMILES string of the molecule is Cc1ccc2c3c([nH]c2c1)C(C)(C)c1ccc(OC[C@H]2OC(C)(C)O[C@@H]2CO[Si](C)(C)C(C)(C)C)cc1C3=O. The summed E-state index contributed by atoms with van der Waals surface area (Å²) in [6.07, 6.45) is -0.513. The number of fused-ring (bicyclic) bond motifs is 4. The van der Waals surface area contributed by atoms with E-state index in [-0.39, 0.29) is 28.4 Å². The number of ether oxygens (including phenoxy) is 3. The van der Waals surface area contributed by atoms with Crippen molar-refractivity contribution in [3.8, 4) is 5.75 Å². The minimum absolute atomic E-state index is 0.0297. The molecule has 0 radical (unpaired) electrons. The third kappa shape index (κ3) is 4.99. The molecule has 210 valence electrons. The Balaban J connectivity index is 1.37. The molecule has 0 bridgehead atoms. The van der Waals surface area contributed by atoms with Crippen LogP contribution in [0.5, 0.6) is 5.75 Å². The van der Waals surface area contributed by atoms with Crippen molar-refractivity contribution in [3.63, 3.8) is 0 Å². The molecule has 1 saturated heterocycles. The Kier molecular flexibility index (Phi) is 6.70. The molecule has 0 spiro atoms.